The maximum atomic E-state index is 12.4. The van der Waals surface area contributed by atoms with Crippen LogP contribution in [0.1, 0.15) is 43.6 Å². The van der Waals surface area contributed by atoms with Crippen molar-refractivity contribution in [3.8, 4) is 0 Å². The maximum absolute atomic E-state index is 12.4. The number of amides is 1. The monoisotopic (exact) mass is 474 g/mol. The Morgan fingerprint density at radius 3 is 2.31 bits per heavy atom. The molecular weight excluding hydrogens is 451 g/mol. The van der Waals surface area contributed by atoms with Gasteiger partial charge in [0, 0.05) is 36.9 Å². The average Bonchev–Trinajstić information content (AvgIpc) is 2.72. The van der Waals surface area contributed by atoms with Gasteiger partial charge in [0.15, 0.2) is 0 Å². The lowest BCUT2D eigenvalue weighted by molar-refractivity contribution is -0.137. The Hall–Kier alpha value is -2.90. The maximum Gasteiger partial charge on any atom is 0.322 e. The number of nitrogens with zero attached hydrogens (tertiary/aromatic N) is 3. The molecule has 1 aromatic carbocycles. The first-order valence-electron chi connectivity index (χ1n) is 9.95. The van der Waals surface area contributed by atoms with Gasteiger partial charge >= 0.3 is 5.97 Å². The van der Waals surface area contributed by atoms with E-state index in [1.165, 1.54) is 24.2 Å². The Morgan fingerprint density at radius 2 is 1.75 bits per heavy atom. The van der Waals surface area contributed by atoms with Gasteiger partial charge in [0.2, 0.25) is 0 Å². The minimum Gasteiger partial charge on any atom is -0.480 e. The fourth-order valence-electron chi connectivity index (χ4n) is 3.26. The molecular formula is C23H24Cl2N4O3. The summed E-state index contributed by atoms with van der Waals surface area (Å²) in [5.74, 6) is -1.66. The molecule has 1 aliphatic rings. The van der Waals surface area contributed by atoms with Crippen LogP contribution in [0.5, 0.6) is 0 Å². The Kier molecular flexibility index (Phi) is 7.21. The number of aliphatic carboxylic acids is 1. The molecule has 0 saturated heterocycles. The number of carboxylic acid groups (broad SMARTS) is 1. The third-order valence-electron chi connectivity index (χ3n) is 4.97. The van der Waals surface area contributed by atoms with Crippen molar-refractivity contribution in [2.75, 3.05) is 6.54 Å². The van der Waals surface area contributed by atoms with Crippen molar-refractivity contribution in [1.29, 1.82) is 0 Å². The van der Waals surface area contributed by atoms with E-state index in [4.69, 9.17) is 28.3 Å². The van der Waals surface area contributed by atoms with Crippen molar-refractivity contribution < 1.29 is 14.7 Å². The van der Waals surface area contributed by atoms with Gasteiger partial charge in [-0.25, -0.2) is 0 Å². The standard InChI is InChI=1S/C23H24Cl2N4O3/c1-23(2,3)16-6-4-14(5-7-16)12-29-13-15(22(32)28-11-19(30)31)8-27-21(29)20-17(24)9-26-10-18(20)25/h4-10,13,21H,11-12H2,1-3H3,(H,28,32)(H,30,31). The zero-order valence-electron chi connectivity index (χ0n) is 18.0. The number of halogens is 2. The molecule has 2 heterocycles. The van der Waals surface area contributed by atoms with Crippen molar-refractivity contribution in [3.63, 3.8) is 0 Å². The summed E-state index contributed by atoms with van der Waals surface area (Å²) < 4.78 is 0. The van der Waals surface area contributed by atoms with Crippen LogP contribution in [-0.2, 0) is 21.5 Å². The van der Waals surface area contributed by atoms with Crippen LogP contribution in [0.3, 0.4) is 0 Å². The zero-order valence-corrected chi connectivity index (χ0v) is 19.5. The van der Waals surface area contributed by atoms with Gasteiger partial charge in [0.05, 0.1) is 15.6 Å². The first-order chi connectivity index (χ1) is 15.1. The van der Waals surface area contributed by atoms with E-state index in [2.05, 4.69) is 48.2 Å². The van der Waals surface area contributed by atoms with Gasteiger partial charge in [-0.2, -0.15) is 0 Å². The molecule has 1 aromatic heterocycles. The van der Waals surface area contributed by atoms with Crippen molar-refractivity contribution in [1.82, 2.24) is 15.2 Å². The first-order valence-corrected chi connectivity index (χ1v) is 10.7. The van der Waals surface area contributed by atoms with Gasteiger partial charge in [-0.15, -0.1) is 0 Å². The number of benzene rings is 1. The molecule has 1 atom stereocenters. The number of carbonyl (C=O) groups is 2. The number of aliphatic imine (C=N–C) groups is 1. The predicted octanol–water partition coefficient (Wildman–Crippen LogP) is 4.36. The predicted molar refractivity (Wildman–Crippen MR) is 125 cm³/mol. The third kappa shape index (κ3) is 5.66. The molecule has 0 bridgehead atoms. The van der Waals surface area contributed by atoms with Crippen LogP contribution in [0.25, 0.3) is 0 Å². The average molecular weight is 475 g/mol. The molecule has 2 N–H and O–H groups in total. The molecule has 168 valence electrons. The fourth-order valence-corrected chi connectivity index (χ4v) is 3.82. The molecule has 1 unspecified atom stereocenters. The Morgan fingerprint density at radius 1 is 1.12 bits per heavy atom. The van der Waals surface area contributed by atoms with Crippen LogP contribution in [0.4, 0.5) is 0 Å². The van der Waals surface area contributed by atoms with Crippen LogP contribution >= 0.6 is 23.2 Å². The van der Waals surface area contributed by atoms with E-state index in [9.17, 15) is 9.59 Å². The van der Waals surface area contributed by atoms with E-state index in [1.54, 1.807) is 6.20 Å². The van der Waals surface area contributed by atoms with Crippen LogP contribution in [0.2, 0.25) is 10.0 Å². The number of pyridine rings is 1. The highest BCUT2D eigenvalue weighted by Crippen LogP contribution is 2.36. The summed E-state index contributed by atoms with van der Waals surface area (Å²) in [4.78, 5) is 33.5. The van der Waals surface area contributed by atoms with Gasteiger partial charge < -0.3 is 15.3 Å². The van der Waals surface area contributed by atoms with E-state index >= 15 is 0 Å². The molecule has 0 aliphatic carbocycles. The van der Waals surface area contributed by atoms with Gasteiger partial charge in [-0.3, -0.25) is 19.6 Å². The van der Waals surface area contributed by atoms with E-state index in [-0.39, 0.29) is 11.0 Å². The number of aromatic nitrogens is 1. The highest BCUT2D eigenvalue weighted by molar-refractivity contribution is 6.35. The number of carboxylic acids is 1. The number of hydrogen-bond acceptors (Lipinski definition) is 5. The second-order valence-electron chi connectivity index (χ2n) is 8.45. The van der Waals surface area contributed by atoms with Crippen LogP contribution in [-0.4, -0.2) is 39.6 Å². The molecule has 2 aromatic rings. The van der Waals surface area contributed by atoms with Gasteiger partial charge in [-0.1, -0.05) is 68.2 Å². The van der Waals surface area contributed by atoms with Crippen LogP contribution < -0.4 is 5.32 Å². The molecule has 3 rings (SSSR count). The van der Waals surface area contributed by atoms with Crippen molar-refractivity contribution >= 4 is 41.3 Å². The minimum atomic E-state index is -1.13. The van der Waals surface area contributed by atoms with E-state index < -0.39 is 24.6 Å². The topological polar surface area (TPSA) is 94.9 Å². The number of nitrogens with one attached hydrogen (secondary N) is 1. The molecule has 9 heteroatoms. The summed E-state index contributed by atoms with van der Waals surface area (Å²) in [6.07, 6.45) is 5.45. The van der Waals surface area contributed by atoms with Gasteiger partial charge in [0.1, 0.15) is 12.7 Å². The lowest BCUT2D eigenvalue weighted by Gasteiger charge is -2.32. The van der Waals surface area contributed by atoms with E-state index in [0.29, 0.717) is 22.2 Å². The Labute approximate surface area is 196 Å². The summed E-state index contributed by atoms with van der Waals surface area (Å²) in [7, 11) is 0. The Balaban J connectivity index is 1.93. The molecule has 7 nitrogen and oxygen atoms in total. The van der Waals surface area contributed by atoms with Crippen molar-refractivity contribution in [2.24, 2.45) is 4.99 Å². The quantitative estimate of drug-likeness (QED) is 0.648. The van der Waals surface area contributed by atoms with Crippen molar-refractivity contribution in [2.45, 2.75) is 38.9 Å². The highest BCUT2D eigenvalue weighted by atomic mass is 35.5. The highest BCUT2D eigenvalue weighted by Gasteiger charge is 2.27. The van der Waals surface area contributed by atoms with Crippen LogP contribution in [0, 0.1) is 0 Å². The van der Waals surface area contributed by atoms with Gasteiger partial charge in [0.25, 0.3) is 5.91 Å². The molecule has 1 aliphatic heterocycles. The normalized spacial score (nSPS) is 16.0. The van der Waals surface area contributed by atoms with Gasteiger partial charge in [-0.05, 0) is 16.5 Å². The lowest BCUT2D eigenvalue weighted by atomic mass is 9.87. The molecule has 32 heavy (non-hydrogen) atoms. The molecule has 0 spiro atoms. The van der Waals surface area contributed by atoms with E-state index in [0.717, 1.165) is 5.56 Å². The molecule has 1 amide bonds. The number of rotatable bonds is 6. The minimum absolute atomic E-state index is 0.0316. The third-order valence-corrected chi connectivity index (χ3v) is 5.57. The number of carbonyl (C=O) groups excluding carboxylic acids is 1. The number of hydrogen-bond donors (Lipinski definition) is 2. The summed E-state index contributed by atoms with van der Waals surface area (Å²) >= 11 is 12.7. The summed E-state index contributed by atoms with van der Waals surface area (Å²) in [5.41, 5.74) is 3.05. The summed E-state index contributed by atoms with van der Waals surface area (Å²) in [6.45, 7) is 6.39. The summed E-state index contributed by atoms with van der Waals surface area (Å²) in [5, 5.41) is 11.9. The second-order valence-corrected chi connectivity index (χ2v) is 9.26. The largest absolute Gasteiger partial charge is 0.480 e. The SMILES string of the molecule is CC(C)(C)c1ccc(CN2C=C(C(=O)NCC(=O)O)C=NC2c2c(Cl)cncc2Cl)cc1. The fraction of sp³-hybridized carbons (Fsp3) is 0.304. The molecule has 0 radical (unpaired) electrons. The molecule has 0 fully saturated rings. The second kappa shape index (κ2) is 9.71. The Bertz CT molecular complexity index is 1060. The van der Waals surface area contributed by atoms with Crippen LogP contribution in [0.15, 0.2) is 53.4 Å². The zero-order chi connectivity index (χ0) is 23.5. The summed E-state index contributed by atoms with van der Waals surface area (Å²) in [6, 6.07) is 8.22. The smallest absolute Gasteiger partial charge is 0.322 e. The van der Waals surface area contributed by atoms with E-state index in [1.807, 2.05) is 17.0 Å². The van der Waals surface area contributed by atoms with Crippen molar-refractivity contribution in [3.05, 3.63) is 75.2 Å². The molecule has 0 saturated carbocycles. The first kappa shape index (κ1) is 23.8. The lowest BCUT2D eigenvalue weighted by Crippen LogP contribution is -2.34.